The summed E-state index contributed by atoms with van der Waals surface area (Å²) < 4.78 is 41.7. The van der Waals surface area contributed by atoms with E-state index in [9.17, 15) is 13.2 Å². The van der Waals surface area contributed by atoms with Crippen molar-refractivity contribution in [3.8, 4) is 22.3 Å². The lowest BCUT2D eigenvalue weighted by molar-refractivity contribution is 0.447. The van der Waals surface area contributed by atoms with Crippen LogP contribution in [-0.2, 0) is 0 Å². The lowest BCUT2D eigenvalue weighted by Crippen LogP contribution is -1.97. The summed E-state index contributed by atoms with van der Waals surface area (Å²) in [6.07, 6.45) is 0. The molecule has 0 amide bonds. The first-order valence-corrected chi connectivity index (χ1v) is 10.1. The Hall–Kier alpha value is -3.59. The lowest BCUT2D eigenvalue weighted by Gasteiger charge is -2.19. The zero-order valence-corrected chi connectivity index (χ0v) is 17.1. The predicted octanol–water partition coefficient (Wildman–Crippen LogP) is 8.36. The highest BCUT2D eigenvalue weighted by molar-refractivity contribution is 6.09. The van der Waals surface area contributed by atoms with Gasteiger partial charge in [-0.15, -0.1) is 0 Å². The van der Waals surface area contributed by atoms with Crippen LogP contribution in [0.15, 0.2) is 78.9 Å². The number of aryl methyl sites for hydroxylation is 1. The van der Waals surface area contributed by atoms with Gasteiger partial charge in [0, 0.05) is 0 Å². The molecule has 5 aromatic carbocycles. The molecule has 0 aliphatic rings. The number of hydrogen-bond acceptors (Lipinski definition) is 0. The minimum atomic E-state index is -1.45. The molecule has 0 N–H and O–H groups in total. The quantitative estimate of drug-likeness (QED) is 0.256. The highest BCUT2D eigenvalue weighted by atomic mass is 19.2. The molecule has 0 saturated carbocycles. The topological polar surface area (TPSA) is 0 Å². The van der Waals surface area contributed by atoms with Crippen molar-refractivity contribution in [3.05, 3.63) is 107 Å². The van der Waals surface area contributed by atoms with Gasteiger partial charge in [-0.1, -0.05) is 60.7 Å². The van der Waals surface area contributed by atoms with Gasteiger partial charge in [-0.05, 0) is 87.0 Å². The van der Waals surface area contributed by atoms with Crippen LogP contribution in [0.1, 0.15) is 11.1 Å². The van der Waals surface area contributed by atoms with E-state index in [0.717, 1.165) is 55.9 Å². The van der Waals surface area contributed by atoms with Gasteiger partial charge in [0.1, 0.15) is 0 Å². The van der Waals surface area contributed by atoms with Gasteiger partial charge in [0.05, 0.1) is 0 Å². The van der Waals surface area contributed by atoms with Gasteiger partial charge >= 0.3 is 0 Å². The van der Waals surface area contributed by atoms with Crippen molar-refractivity contribution in [2.45, 2.75) is 13.8 Å². The zero-order valence-electron chi connectivity index (χ0n) is 17.1. The van der Waals surface area contributed by atoms with Gasteiger partial charge in [-0.25, -0.2) is 13.2 Å². The molecule has 152 valence electrons. The molecule has 5 rings (SSSR count). The molecule has 0 bridgehead atoms. The first kappa shape index (κ1) is 19.4. The monoisotopic (exact) mass is 412 g/mol. The largest absolute Gasteiger partial charge is 0.204 e. The van der Waals surface area contributed by atoms with Crippen LogP contribution < -0.4 is 0 Å². The second-order valence-electron chi connectivity index (χ2n) is 7.88. The standard InChI is InChI=1S/C28H19F3/c1-16-11-12-18-7-3-5-9-21(18)26(16)27-17(2)23(13-19-8-4-6-10-22(19)27)20-14-24(29)28(31)25(30)15-20/h3-15H,1-2H3. The normalized spacial score (nSPS) is 11.4. The number of hydrogen-bond donors (Lipinski definition) is 0. The maximum absolute atomic E-state index is 14.1. The Kier molecular flexibility index (Phi) is 4.55. The summed E-state index contributed by atoms with van der Waals surface area (Å²) in [5.74, 6) is -3.83. The van der Waals surface area contributed by atoms with Crippen molar-refractivity contribution in [2.24, 2.45) is 0 Å². The molecule has 31 heavy (non-hydrogen) atoms. The summed E-state index contributed by atoms with van der Waals surface area (Å²) in [7, 11) is 0. The van der Waals surface area contributed by atoms with E-state index in [2.05, 4.69) is 37.3 Å². The Balaban J connectivity index is 1.93. The second kappa shape index (κ2) is 7.28. The molecule has 3 heteroatoms. The van der Waals surface area contributed by atoms with Crippen LogP contribution in [0.5, 0.6) is 0 Å². The van der Waals surface area contributed by atoms with Crippen molar-refractivity contribution in [3.63, 3.8) is 0 Å². The van der Waals surface area contributed by atoms with E-state index in [0.29, 0.717) is 11.1 Å². The summed E-state index contributed by atoms with van der Waals surface area (Å²) in [5.41, 5.74) is 5.12. The van der Waals surface area contributed by atoms with Crippen LogP contribution in [0.4, 0.5) is 13.2 Å². The van der Waals surface area contributed by atoms with Gasteiger partial charge in [-0.2, -0.15) is 0 Å². The first-order valence-electron chi connectivity index (χ1n) is 10.1. The van der Waals surface area contributed by atoms with E-state index in [4.69, 9.17) is 0 Å². The molecule has 5 aromatic rings. The summed E-state index contributed by atoms with van der Waals surface area (Å²) in [6, 6.07) is 24.4. The molecule has 0 radical (unpaired) electrons. The number of fused-ring (bicyclic) bond motifs is 2. The van der Waals surface area contributed by atoms with Crippen LogP contribution in [0.2, 0.25) is 0 Å². The Morgan fingerprint density at radius 1 is 0.581 bits per heavy atom. The minimum Gasteiger partial charge on any atom is -0.204 e. The molecule has 0 fully saturated rings. The molecular weight excluding hydrogens is 393 g/mol. The second-order valence-corrected chi connectivity index (χ2v) is 7.88. The Bertz CT molecular complexity index is 1460. The minimum absolute atomic E-state index is 0.318. The third-order valence-electron chi connectivity index (χ3n) is 5.99. The van der Waals surface area contributed by atoms with Crippen LogP contribution >= 0.6 is 0 Å². The highest BCUT2D eigenvalue weighted by Gasteiger charge is 2.19. The number of halogens is 3. The summed E-state index contributed by atoms with van der Waals surface area (Å²) in [4.78, 5) is 0. The van der Waals surface area contributed by atoms with Crippen molar-refractivity contribution in [1.82, 2.24) is 0 Å². The SMILES string of the molecule is Cc1ccc2ccccc2c1-c1c(C)c(-c2cc(F)c(F)c(F)c2)cc2ccccc12. The fraction of sp³-hybridized carbons (Fsp3) is 0.0714. The summed E-state index contributed by atoms with van der Waals surface area (Å²) >= 11 is 0. The molecular formula is C28H19F3. The smallest absolute Gasteiger partial charge is 0.194 e. The molecule has 0 saturated heterocycles. The average Bonchev–Trinajstić information content (AvgIpc) is 2.77. The van der Waals surface area contributed by atoms with E-state index < -0.39 is 17.5 Å². The molecule has 0 aromatic heterocycles. The Labute approximate surface area is 178 Å². The molecule has 0 heterocycles. The third-order valence-corrected chi connectivity index (χ3v) is 5.99. The summed E-state index contributed by atoms with van der Waals surface area (Å²) in [6.45, 7) is 4.03. The van der Waals surface area contributed by atoms with Crippen molar-refractivity contribution < 1.29 is 13.2 Å². The van der Waals surface area contributed by atoms with Crippen LogP contribution in [0, 0.1) is 31.3 Å². The number of rotatable bonds is 2. The van der Waals surface area contributed by atoms with Crippen molar-refractivity contribution in [1.29, 1.82) is 0 Å². The molecule has 0 unspecified atom stereocenters. The van der Waals surface area contributed by atoms with Gasteiger partial charge in [-0.3, -0.25) is 0 Å². The van der Waals surface area contributed by atoms with Gasteiger partial charge in [0.25, 0.3) is 0 Å². The van der Waals surface area contributed by atoms with Crippen molar-refractivity contribution in [2.75, 3.05) is 0 Å². The van der Waals surface area contributed by atoms with E-state index in [1.807, 2.05) is 43.3 Å². The fourth-order valence-corrected chi connectivity index (χ4v) is 4.50. The third kappa shape index (κ3) is 3.09. The lowest BCUT2D eigenvalue weighted by atomic mass is 9.84. The van der Waals surface area contributed by atoms with E-state index >= 15 is 0 Å². The average molecular weight is 412 g/mol. The maximum Gasteiger partial charge on any atom is 0.194 e. The fourth-order valence-electron chi connectivity index (χ4n) is 4.50. The van der Waals surface area contributed by atoms with E-state index in [-0.39, 0.29) is 0 Å². The van der Waals surface area contributed by atoms with Crippen LogP contribution in [-0.4, -0.2) is 0 Å². The van der Waals surface area contributed by atoms with E-state index in [1.54, 1.807) is 0 Å². The van der Waals surface area contributed by atoms with E-state index in [1.165, 1.54) is 0 Å². The molecule has 0 atom stereocenters. The zero-order chi connectivity index (χ0) is 21.7. The van der Waals surface area contributed by atoms with Crippen LogP contribution in [0.25, 0.3) is 43.8 Å². The van der Waals surface area contributed by atoms with Crippen molar-refractivity contribution >= 4 is 21.5 Å². The number of benzene rings is 5. The maximum atomic E-state index is 14.1. The molecule has 0 aliphatic carbocycles. The first-order chi connectivity index (χ1) is 15.0. The van der Waals surface area contributed by atoms with Gasteiger partial charge in [0.2, 0.25) is 0 Å². The molecule has 0 spiro atoms. The van der Waals surface area contributed by atoms with Gasteiger partial charge in [0.15, 0.2) is 17.5 Å². The molecule has 0 nitrogen and oxygen atoms in total. The Morgan fingerprint density at radius 3 is 1.84 bits per heavy atom. The Morgan fingerprint density at radius 2 is 1.16 bits per heavy atom. The molecule has 0 aliphatic heterocycles. The van der Waals surface area contributed by atoms with Gasteiger partial charge < -0.3 is 0 Å². The summed E-state index contributed by atoms with van der Waals surface area (Å²) in [5, 5.41) is 4.25. The highest BCUT2D eigenvalue weighted by Crippen LogP contribution is 2.42. The van der Waals surface area contributed by atoms with Crippen LogP contribution in [0.3, 0.4) is 0 Å². The predicted molar refractivity (Wildman–Crippen MR) is 122 cm³/mol.